The first kappa shape index (κ1) is 49.8. The summed E-state index contributed by atoms with van der Waals surface area (Å²) in [5.41, 5.74) is 3.91. The van der Waals surface area contributed by atoms with Gasteiger partial charge < -0.3 is 40.5 Å². The number of anilines is 1. The molecule has 2 unspecified atom stereocenters. The van der Waals surface area contributed by atoms with E-state index in [0.717, 1.165) is 83.7 Å². The fourth-order valence-electron chi connectivity index (χ4n) is 11.7. The molecule has 11 rings (SSSR count). The normalized spacial score (nSPS) is 20.4. The van der Waals surface area contributed by atoms with Gasteiger partial charge in [0.05, 0.1) is 10.9 Å². The van der Waals surface area contributed by atoms with Crippen LogP contribution in [0.25, 0.3) is 50.0 Å². The van der Waals surface area contributed by atoms with Crippen LogP contribution in [-0.4, -0.2) is 156 Å². The Bertz CT molecular complexity index is 3320. The number of nitrogens with one attached hydrogen (secondary N) is 2. The number of carbonyl (C=O) groups is 1. The van der Waals surface area contributed by atoms with Gasteiger partial charge in [0, 0.05) is 118 Å². The molecule has 0 aliphatic carbocycles. The lowest BCUT2D eigenvalue weighted by atomic mass is 9.96. The molecule has 17 nitrogen and oxygen atoms in total. The highest BCUT2D eigenvalue weighted by molar-refractivity contribution is 6.03. The van der Waals surface area contributed by atoms with Gasteiger partial charge >= 0.3 is 6.01 Å². The van der Waals surface area contributed by atoms with E-state index in [1.54, 1.807) is 29.0 Å². The number of halogens is 1. The maximum Gasteiger partial charge on any atom is 0.319 e. The number of hydrogen-bond acceptors (Lipinski definition) is 15. The molecule has 0 spiro atoms. The minimum atomic E-state index is -0.630. The van der Waals surface area contributed by atoms with Crippen molar-refractivity contribution in [2.75, 3.05) is 77.5 Å². The van der Waals surface area contributed by atoms with Crippen molar-refractivity contribution in [3.63, 3.8) is 0 Å². The van der Waals surface area contributed by atoms with Gasteiger partial charge in [-0.25, -0.2) is 4.39 Å². The molecule has 4 fully saturated rings. The lowest BCUT2D eigenvalue weighted by Gasteiger charge is -2.36. The van der Waals surface area contributed by atoms with Crippen molar-refractivity contribution >= 4 is 33.4 Å². The lowest BCUT2D eigenvalue weighted by molar-refractivity contribution is 0.0943. The average Bonchev–Trinajstić information content (AvgIpc) is 4.10. The molecule has 0 saturated carbocycles. The van der Waals surface area contributed by atoms with Gasteiger partial charge in [0.15, 0.2) is 11.6 Å². The van der Waals surface area contributed by atoms with Crippen molar-refractivity contribution < 1.29 is 29.2 Å². The number of benzene rings is 4. The molecule has 7 aromatic rings. The molecule has 4 aromatic carbocycles. The summed E-state index contributed by atoms with van der Waals surface area (Å²) >= 11 is 0. The molecular formula is C57H63FN12O5. The summed E-state index contributed by atoms with van der Waals surface area (Å²) in [6.07, 6.45) is 10.6. The Morgan fingerprint density at radius 1 is 0.933 bits per heavy atom. The maximum atomic E-state index is 17.2. The van der Waals surface area contributed by atoms with Crippen LogP contribution in [0.4, 0.5) is 10.2 Å². The number of pyridine rings is 1. The second-order valence-electron chi connectivity index (χ2n) is 21.0. The van der Waals surface area contributed by atoms with Gasteiger partial charge in [-0.1, -0.05) is 44.0 Å². The number of ether oxygens (including phenoxy) is 1. The van der Waals surface area contributed by atoms with Crippen LogP contribution >= 0.6 is 0 Å². The van der Waals surface area contributed by atoms with E-state index < -0.39 is 5.82 Å². The van der Waals surface area contributed by atoms with Crippen LogP contribution in [0.1, 0.15) is 73.3 Å². The number of rotatable bonds is 14. The van der Waals surface area contributed by atoms with E-state index in [9.17, 15) is 20.1 Å². The quantitative estimate of drug-likeness (QED) is 0.0726. The number of carbonyl (C=O) groups excluding carboxylic acids is 1. The van der Waals surface area contributed by atoms with Gasteiger partial charge in [-0.3, -0.25) is 24.1 Å². The summed E-state index contributed by atoms with van der Waals surface area (Å²) < 4.78 is 25.3. The van der Waals surface area contributed by atoms with Crippen molar-refractivity contribution in [3.05, 3.63) is 101 Å². The number of amides is 1. The number of phenolic OH excluding ortho intramolecular Hbond substituents is 3. The van der Waals surface area contributed by atoms with Crippen molar-refractivity contribution in [2.45, 2.75) is 70.6 Å². The number of fused-ring (bicyclic) bond motifs is 4. The summed E-state index contributed by atoms with van der Waals surface area (Å²) in [4.78, 5) is 37.2. The molecule has 5 N–H and O–H groups in total. The minimum absolute atomic E-state index is 0.00891. The van der Waals surface area contributed by atoms with Crippen LogP contribution in [0, 0.1) is 24.1 Å². The predicted octanol–water partition coefficient (Wildman–Crippen LogP) is 6.66. The molecule has 18 heteroatoms. The van der Waals surface area contributed by atoms with E-state index in [-0.39, 0.29) is 58.2 Å². The summed E-state index contributed by atoms with van der Waals surface area (Å²) in [7, 11) is 2.13. The zero-order valence-corrected chi connectivity index (χ0v) is 42.8. The Balaban J connectivity index is 0.747. The van der Waals surface area contributed by atoms with E-state index in [2.05, 4.69) is 70.5 Å². The molecule has 4 atom stereocenters. The Morgan fingerprint density at radius 3 is 2.43 bits per heavy atom. The topological polar surface area (TPSA) is 193 Å². The first-order valence-corrected chi connectivity index (χ1v) is 26.1. The minimum Gasteiger partial charge on any atom is -0.508 e. The molecule has 0 radical (unpaired) electrons. The van der Waals surface area contributed by atoms with E-state index in [1.165, 1.54) is 12.1 Å². The number of aromatic nitrogens is 6. The van der Waals surface area contributed by atoms with Gasteiger partial charge in [0.2, 0.25) is 5.82 Å². The number of likely N-dealkylation sites (tertiary alicyclic amines) is 1. The lowest BCUT2D eigenvalue weighted by Crippen LogP contribution is -2.51. The van der Waals surface area contributed by atoms with Gasteiger partial charge in [-0.15, -0.1) is 16.6 Å². The number of terminal acetylenes is 1. The van der Waals surface area contributed by atoms with Crippen molar-refractivity contribution in [1.29, 1.82) is 0 Å². The van der Waals surface area contributed by atoms with Crippen molar-refractivity contribution in [1.82, 2.24) is 55.0 Å². The van der Waals surface area contributed by atoms with Crippen LogP contribution in [-0.2, 0) is 6.54 Å². The summed E-state index contributed by atoms with van der Waals surface area (Å²) in [6, 6.07) is 20.4. The SMILES string of the molecule is C#Cc1cccc2cc(O)cc(-c3ncc4c(N5CC6CCC(C5)N6)nc(OC[C@@H]5C[C@H](CN6CCN(Cc7ccc(-n8c(C(=O)NCC)nnc8-c8cc(C(C)C)c(O)cc8O)cc7)CC6)CN5C)nc4c3F)c12. The maximum absolute atomic E-state index is 17.2. The Morgan fingerprint density at radius 2 is 1.69 bits per heavy atom. The smallest absolute Gasteiger partial charge is 0.319 e. The highest BCUT2D eigenvalue weighted by Gasteiger charge is 2.36. The third kappa shape index (κ3) is 9.88. The van der Waals surface area contributed by atoms with Crippen LogP contribution < -0.4 is 20.3 Å². The summed E-state index contributed by atoms with van der Waals surface area (Å²) in [5, 5.41) is 49.2. The van der Waals surface area contributed by atoms with E-state index >= 15 is 4.39 Å². The molecule has 75 heavy (non-hydrogen) atoms. The van der Waals surface area contributed by atoms with Crippen molar-refractivity contribution in [2.24, 2.45) is 5.92 Å². The number of piperazine rings is 2. The molecule has 4 aliphatic heterocycles. The summed E-state index contributed by atoms with van der Waals surface area (Å²) in [6.45, 7) is 14.4. The fourth-order valence-corrected chi connectivity index (χ4v) is 11.7. The molecule has 7 heterocycles. The first-order valence-electron chi connectivity index (χ1n) is 26.1. The molecule has 3 aromatic heterocycles. The fraction of sp³-hybridized carbons (Fsp3) is 0.404. The number of phenols is 3. The second kappa shape index (κ2) is 20.7. The van der Waals surface area contributed by atoms with Crippen LogP contribution in [0.3, 0.4) is 0 Å². The van der Waals surface area contributed by atoms with Crippen molar-refractivity contribution in [3.8, 4) is 63.9 Å². The molecule has 4 aliphatic rings. The zero-order chi connectivity index (χ0) is 52.1. The van der Waals surface area contributed by atoms with Gasteiger partial charge in [-0.05, 0) is 98.0 Å². The monoisotopic (exact) mass is 1010 g/mol. The average molecular weight is 1020 g/mol. The van der Waals surface area contributed by atoms with Gasteiger partial charge in [0.1, 0.15) is 40.9 Å². The highest BCUT2D eigenvalue weighted by Crippen LogP contribution is 2.41. The number of likely N-dealkylation sites (N-methyl/N-ethyl adjacent to an activating group) is 1. The number of nitrogens with zero attached hydrogens (tertiary/aromatic N) is 10. The molecule has 2 bridgehead atoms. The van der Waals surface area contributed by atoms with E-state index in [0.29, 0.717) is 86.9 Å². The highest BCUT2D eigenvalue weighted by atomic mass is 19.1. The largest absolute Gasteiger partial charge is 0.508 e. The molecular weight excluding hydrogens is 952 g/mol. The van der Waals surface area contributed by atoms with E-state index in [4.69, 9.17) is 21.1 Å². The molecule has 388 valence electrons. The third-order valence-corrected chi connectivity index (χ3v) is 15.5. The molecule has 4 saturated heterocycles. The van der Waals surface area contributed by atoms with Crippen LogP contribution in [0.5, 0.6) is 23.3 Å². The van der Waals surface area contributed by atoms with Gasteiger partial charge in [-0.2, -0.15) is 9.97 Å². The van der Waals surface area contributed by atoms with Gasteiger partial charge in [0.25, 0.3) is 5.91 Å². The first-order chi connectivity index (χ1) is 36.3. The predicted molar refractivity (Wildman–Crippen MR) is 286 cm³/mol. The van der Waals surface area contributed by atoms with E-state index in [1.807, 2.05) is 45.0 Å². The molecule has 1 amide bonds. The number of aromatic hydroxyl groups is 3. The zero-order valence-electron chi connectivity index (χ0n) is 42.8. The number of hydrogen-bond donors (Lipinski definition) is 5. The Kier molecular flexibility index (Phi) is 13.7. The standard InChI is InChI=1S/C57H63FN12O5/c1-6-36-9-8-10-37-22-42(71)23-45(49(36)37)51-50(58)52-46(26-60-51)53(69-30-38-13-14-39(31-69)61-38)63-57(62-52)75-32-41-21-35(27-66(41)5)29-68-19-17-67(18-20-68)28-34-11-15-40(16-12-34)70-54(64-65-55(70)56(74)59-7-2)44-24-43(33(3)4)47(72)25-48(44)73/h1,8-12,15-16,22-26,33,35,38-39,41,61,71-73H,7,13-14,17-21,27-32H2,2-5H3,(H,59,74)/t35-,38?,39?,41-/m0/s1. The Hall–Kier alpha value is -7.43. The Labute approximate surface area is 435 Å². The second-order valence-corrected chi connectivity index (χ2v) is 21.0. The van der Waals surface area contributed by atoms with Crippen LogP contribution in [0.15, 0.2) is 72.9 Å². The third-order valence-electron chi connectivity index (χ3n) is 15.5. The van der Waals surface area contributed by atoms with Crippen LogP contribution in [0.2, 0.25) is 0 Å². The summed E-state index contributed by atoms with van der Waals surface area (Å²) in [5.74, 6) is 2.92.